The van der Waals surface area contributed by atoms with Crippen LogP contribution in [0.3, 0.4) is 0 Å². The van der Waals surface area contributed by atoms with E-state index in [2.05, 4.69) is 13.8 Å². The van der Waals surface area contributed by atoms with Gasteiger partial charge in [0, 0.05) is 6.61 Å². The molecule has 0 spiro atoms. The summed E-state index contributed by atoms with van der Waals surface area (Å²) in [5.41, 5.74) is 6.91. The molecule has 1 saturated heterocycles. The topological polar surface area (TPSA) is 35.2 Å². The fraction of sp³-hybridized carbons (Fsp3) is 0.625. The second kappa shape index (κ2) is 6.02. The van der Waals surface area contributed by atoms with E-state index in [0.29, 0.717) is 18.4 Å². The first-order chi connectivity index (χ1) is 9.02. The van der Waals surface area contributed by atoms with Gasteiger partial charge in [-0.1, -0.05) is 12.1 Å². The van der Waals surface area contributed by atoms with Crippen molar-refractivity contribution in [2.45, 2.75) is 44.6 Å². The third-order valence-electron chi connectivity index (χ3n) is 4.08. The van der Waals surface area contributed by atoms with E-state index >= 15 is 0 Å². The number of benzene rings is 1. The molecule has 3 heteroatoms. The van der Waals surface area contributed by atoms with Crippen LogP contribution in [0.5, 0.6) is 0 Å². The minimum Gasteiger partial charge on any atom is -0.376 e. The van der Waals surface area contributed by atoms with Gasteiger partial charge in [-0.2, -0.15) is 0 Å². The summed E-state index contributed by atoms with van der Waals surface area (Å²) in [6, 6.07) is 6.89. The van der Waals surface area contributed by atoms with Gasteiger partial charge in [-0.25, -0.2) is 4.39 Å². The minimum atomic E-state index is -0.178. The fourth-order valence-electron chi connectivity index (χ4n) is 3.19. The lowest BCUT2D eigenvalue weighted by Gasteiger charge is -2.39. The van der Waals surface area contributed by atoms with Gasteiger partial charge < -0.3 is 10.5 Å². The van der Waals surface area contributed by atoms with E-state index in [4.69, 9.17) is 10.5 Å². The number of hydrogen-bond donors (Lipinski definition) is 1. The maximum absolute atomic E-state index is 13.1. The lowest BCUT2D eigenvalue weighted by molar-refractivity contribution is -0.0771. The first-order valence-corrected chi connectivity index (χ1v) is 7.11. The zero-order valence-electron chi connectivity index (χ0n) is 11.9. The van der Waals surface area contributed by atoms with Crippen LogP contribution >= 0.6 is 0 Å². The first-order valence-electron chi connectivity index (χ1n) is 7.11. The minimum absolute atomic E-state index is 0.0597. The molecule has 0 aliphatic carbocycles. The summed E-state index contributed by atoms with van der Waals surface area (Å²) in [5.74, 6) is 0.800. The molecule has 1 aromatic carbocycles. The predicted octanol–water partition coefficient (Wildman–Crippen LogP) is 3.46. The number of ether oxygens (including phenoxy) is 1. The highest BCUT2D eigenvalue weighted by molar-refractivity contribution is 5.21. The normalized spacial score (nSPS) is 24.1. The van der Waals surface area contributed by atoms with E-state index in [0.717, 1.165) is 25.9 Å². The summed E-state index contributed by atoms with van der Waals surface area (Å²) in [7, 11) is 0. The van der Waals surface area contributed by atoms with Gasteiger partial charge in [0.2, 0.25) is 0 Å². The van der Waals surface area contributed by atoms with Crippen molar-refractivity contribution in [3.8, 4) is 0 Å². The van der Waals surface area contributed by atoms with Crippen LogP contribution in [0.1, 0.15) is 44.6 Å². The molecule has 2 rings (SSSR count). The molecular formula is C16H24FNO. The van der Waals surface area contributed by atoms with E-state index in [-0.39, 0.29) is 11.4 Å². The lowest BCUT2D eigenvalue weighted by Crippen LogP contribution is -2.36. The summed E-state index contributed by atoms with van der Waals surface area (Å²) in [5, 5.41) is 0. The van der Waals surface area contributed by atoms with Crippen LogP contribution in [-0.2, 0) is 4.74 Å². The van der Waals surface area contributed by atoms with Gasteiger partial charge in [-0.15, -0.1) is 0 Å². The van der Waals surface area contributed by atoms with E-state index in [1.54, 1.807) is 12.1 Å². The van der Waals surface area contributed by atoms with Crippen molar-refractivity contribution in [3.05, 3.63) is 35.6 Å². The summed E-state index contributed by atoms with van der Waals surface area (Å²) < 4.78 is 18.8. The molecule has 1 aromatic rings. The Hall–Kier alpha value is -0.930. The van der Waals surface area contributed by atoms with Gasteiger partial charge in [-0.3, -0.25) is 0 Å². The van der Waals surface area contributed by atoms with Crippen LogP contribution in [0.25, 0.3) is 0 Å². The lowest BCUT2D eigenvalue weighted by atomic mass is 9.75. The highest BCUT2D eigenvalue weighted by Gasteiger charge is 2.33. The van der Waals surface area contributed by atoms with Gasteiger partial charge >= 0.3 is 0 Å². The molecule has 1 aliphatic rings. The fourth-order valence-corrected chi connectivity index (χ4v) is 3.19. The van der Waals surface area contributed by atoms with Crippen molar-refractivity contribution < 1.29 is 9.13 Å². The Balaban J connectivity index is 2.17. The zero-order chi connectivity index (χ0) is 13.9. The molecular weight excluding hydrogens is 241 g/mol. The maximum atomic E-state index is 13.1. The molecule has 2 atom stereocenters. The quantitative estimate of drug-likeness (QED) is 0.904. The van der Waals surface area contributed by atoms with Crippen molar-refractivity contribution in [1.82, 2.24) is 0 Å². The Morgan fingerprint density at radius 3 is 2.63 bits per heavy atom. The summed E-state index contributed by atoms with van der Waals surface area (Å²) in [6.45, 7) is 5.76. The van der Waals surface area contributed by atoms with Crippen LogP contribution in [0, 0.1) is 11.7 Å². The molecule has 0 unspecified atom stereocenters. The molecule has 0 radical (unpaired) electrons. The Bertz CT molecular complexity index is 402. The first kappa shape index (κ1) is 14.5. The predicted molar refractivity (Wildman–Crippen MR) is 75.6 cm³/mol. The van der Waals surface area contributed by atoms with E-state index in [9.17, 15) is 4.39 Å². The number of hydrogen-bond acceptors (Lipinski definition) is 2. The second-order valence-corrected chi connectivity index (χ2v) is 6.10. The summed E-state index contributed by atoms with van der Waals surface area (Å²) in [6.07, 6.45) is 3.05. The van der Waals surface area contributed by atoms with Gasteiger partial charge in [0.05, 0.1) is 5.60 Å². The SMILES string of the molecule is CC1(C)C[C@H]([C@@H](CCN)c2ccc(F)cc2)CCO1. The monoisotopic (exact) mass is 265 g/mol. The molecule has 0 saturated carbocycles. The molecule has 2 N–H and O–H groups in total. The van der Waals surface area contributed by atoms with Crippen molar-refractivity contribution in [1.29, 1.82) is 0 Å². The summed E-state index contributed by atoms with van der Waals surface area (Å²) in [4.78, 5) is 0. The molecule has 0 amide bonds. The third kappa shape index (κ3) is 3.77. The molecule has 2 nitrogen and oxygen atoms in total. The Morgan fingerprint density at radius 2 is 2.05 bits per heavy atom. The van der Waals surface area contributed by atoms with Crippen LogP contribution in [0.4, 0.5) is 4.39 Å². The molecule has 0 bridgehead atoms. The van der Waals surface area contributed by atoms with Gasteiger partial charge in [0.15, 0.2) is 0 Å². The van der Waals surface area contributed by atoms with Crippen molar-refractivity contribution in [2.24, 2.45) is 11.7 Å². The molecule has 0 aromatic heterocycles. The average Bonchev–Trinajstić information content (AvgIpc) is 2.36. The molecule has 19 heavy (non-hydrogen) atoms. The van der Waals surface area contributed by atoms with Crippen molar-refractivity contribution in [2.75, 3.05) is 13.2 Å². The Labute approximate surface area is 115 Å². The van der Waals surface area contributed by atoms with Gasteiger partial charge in [-0.05, 0) is 69.2 Å². The van der Waals surface area contributed by atoms with Gasteiger partial charge in [0.25, 0.3) is 0 Å². The van der Waals surface area contributed by atoms with E-state index < -0.39 is 0 Å². The second-order valence-electron chi connectivity index (χ2n) is 6.10. The third-order valence-corrected chi connectivity index (χ3v) is 4.08. The Kier molecular flexibility index (Phi) is 4.58. The standard InChI is InChI=1S/C16H24FNO/c1-16(2)11-13(8-10-19-16)15(7-9-18)12-3-5-14(17)6-4-12/h3-6,13,15H,7-11,18H2,1-2H3/t13-,15+/m1/s1. The number of nitrogens with two attached hydrogens (primary N) is 1. The summed E-state index contributed by atoms with van der Waals surface area (Å²) >= 11 is 0. The average molecular weight is 265 g/mol. The number of halogens is 1. The molecule has 106 valence electrons. The molecule has 1 aliphatic heterocycles. The van der Waals surface area contributed by atoms with E-state index in [1.807, 2.05) is 12.1 Å². The van der Waals surface area contributed by atoms with Gasteiger partial charge in [0.1, 0.15) is 5.82 Å². The smallest absolute Gasteiger partial charge is 0.123 e. The zero-order valence-corrected chi connectivity index (χ0v) is 11.9. The highest BCUT2D eigenvalue weighted by Crippen LogP contribution is 2.39. The van der Waals surface area contributed by atoms with Crippen molar-refractivity contribution in [3.63, 3.8) is 0 Å². The highest BCUT2D eigenvalue weighted by atomic mass is 19.1. The molecule has 1 heterocycles. The molecule has 1 fully saturated rings. The van der Waals surface area contributed by atoms with Crippen LogP contribution in [-0.4, -0.2) is 18.8 Å². The van der Waals surface area contributed by atoms with Crippen LogP contribution in [0.2, 0.25) is 0 Å². The number of rotatable bonds is 4. The van der Waals surface area contributed by atoms with E-state index in [1.165, 1.54) is 5.56 Å². The Morgan fingerprint density at radius 1 is 1.37 bits per heavy atom. The van der Waals surface area contributed by atoms with Crippen LogP contribution in [0.15, 0.2) is 24.3 Å². The van der Waals surface area contributed by atoms with Crippen molar-refractivity contribution >= 4 is 0 Å². The van der Waals surface area contributed by atoms with Crippen LogP contribution < -0.4 is 5.73 Å². The maximum Gasteiger partial charge on any atom is 0.123 e. The largest absolute Gasteiger partial charge is 0.376 e.